The zero-order valence-electron chi connectivity index (χ0n) is 16.5. The van der Waals surface area contributed by atoms with Crippen LogP contribution in [-0.4, -0.2) is 33.7 Å². The summed E-state index contributed by atoms with van der Waals surface area (Å²) in [6.07, 6.45) is 2.08. The normalized spacial score (nSPS) is 11.8. The Bertz CT molecular complexity index is 1250. The number of aryl methyl sites for hydroxylation is 2. The Labute approximate surface area is 162 Å². The van der Waals surface area contributed by atoms with Crippen molar-refractivity contribution in [1.82, 2.24) is 14.5 Å². The molecule has 2 aromatic heterocycles. The smallest absolute Gasteiger partial charge is 0.203 e. The molecular formula is C22H23N3O3. The molecule has 0 bridgehead atoms. The Morgan fingerprint density at radius 1 is 1.25 bits per heavy atom. The van der Waals surface area contributed by atoms with Crippen molar-refractivity contribution in [1.29, 1.82) is 0 Å². The number of aromatic nitrogens is 2. The van der Waals surface area contributed by atoms with Crippen LogP contribution in [0.15, 0.2) is 45.8 Å². The maximum absolute atomic E-state index is 13.4. The van der Waals surface area contributed by atoms with Crippen LogP contribution in [0.4, 0.5) is 0 Å². The van der Waals surface area contributed by atoms with E-state index in [1.165, 1.54) is 6.26 Å². The van der Waals surface area contributed by atoms with Crippen LogP contribution >= 0.6 is 0 Å². The van der Waals surface area contributed by atoms with Crippen molar-refractivity contribution in [2.45, 2.75) is 19.9 Å². The Morgan fingerprint density at radius 2 is 2.00 bits per heavy atom. The lowest BCUT2D eigenvalue weighted by molar-refractivity contribution is 0.382. The lowest BCUT2D eigenvalue weighted by atomic mass is 10.0. The fourth-order valence-corrected chi connectivity index (χ4v) is 3.66. The number of imidazole rings is 1. The molecule has 144 valence electrons. The van der Waals surface area contributed by atoms with E-state index in [-0.39, 0.29) is 11.2 Å². The monoisotopic (exact) mass is 377 g/mol. The predicted octanol–water partition coefficient (Wildman–Crippen LogP) is 3.68. The van der Waals surface area contributed by atoms with Crippen LogP contribution in [0, 0.1) is 0 Å². The molecule has 0 unspecified atom stereocenters. The van der Waals surface area contributed by atoms with Gasteiger partial charge in [0.05, 0.1) is 22.0 Å². The van der Waals surface area contributed by atoms with Crippen LogP contribution < -0.4 is 5.43 Å². The first kappa shape index (κ1) is 18.3. The van der Waals surface area contributed by atoms with Gasteiger partial charge in [0.15, 0.2) is 0 Å². The van der Waals surface area contributed by atoms with Gasteiger partial charge >= 0.3 is 0 Å². The van der Waals surface area contributed by atoms with Gasteiger partial charge in [-0.1, -0.05) is 19.1 Å². The van der Waals surface area contributed by atoms with Crippen LogP contribution in [0.3, 0.4) is 0 Å². The van der Waals surface area contributed by atoms with E-state index in [0.717, 1.165) is 16.6 Å². The van der Waals surface area contributed by atoms with E-state index in [1.807, 2.05) is 61.8 Å². The first-order valence-corrected chi connectivity index (χ1v) is 9.28. The summed E-state index contributed by atoms with van der Waals surface area (Å²) in [5, 5.41) is 11.1. The average molecular weight is 377 g/mol. The number of fused-ring (bicyclic) bond motifs is 2. The Morgan fingerprint density at radius 3 is 2.68 bits per heavy atom. The lowest BCUT2D eigenvalue weighted by Gasteiger charge is -2.16. The molecule has 0 radical (unpaired) electrons. The van der Waals surface area contributed by atoms with Gasteiger partial charge in [-0.05, 0) is 44.3 Å². The van der Waals surface area contributed by atoms with Crippen LogP contribution in [-0.2, 0) is 20.0 Å². The van der Waals surface area contributed by atoms with Crippen LogP contribution in [0.5, 0.6) is 5.75 Å². The minimum absolute atomic E-state index is 0.144. The number of hydrogen-bond acceptors (Lipinski definition) is 5. The summed E-state index contributed by atoms with van der Waals surface area (Å²) < 4.78 is 7.80. The van der Waals surface area contributed by atoms with E-state index in [2.05, 4.69) is 4.98 Å². The second-order valence-corrected chi connectivity index (χ2v) is 7.29. The van der Waals surface area contributed by atoms with Gasteiger partial charge in [-0.25, -0.2) is 4.98 Å². The van der Waals surface area contributed by atoms with Gasteiger partial charge in [-0.3, -0.25) is 4.79 Å². The number of para-hydroxylation sites is 2. The van der Waals surface area contributed by atoms with Crippen molar-refractivity contribution >= 4 is 22.0 Å². The molecule has 0 spiro atoms. The zero-order chi connectivity index (χ0) is 20.0. The summed E-state index contributed by atoms with van der Waals surface area (Å²) in [5.41, 5.74) is 3.84. The van der Waals surface area contributed by atoms with E-state index in [1.54, 1.807) is 6.07 Å². The number of nitrogens with zero attached hydrogens (tertiary/aromatic N) is 3. The highest BCUT2D eigenvalue weighted by atomic mass is 16.3. The van der Waals surface area contributed by atoms with E-state index < -0.39 is 0 Å². The second kappa shape index (κ2) is 6.80. The number of benzene rings is 2. The van der Waals surface area contributed by atoms with Crippen LogP contribution in [0.25, 0.3) is 33.4 Å². The van der Waals surface area contributed by atoms with Crippen molar-refractivity contribution in [3.05, 3.63) is 57.9 Å². The maximum atomic E-state index is 13.4. The molecule has 2 aromatic carbocycles. The molecule has 1 N–H and O–H groups in total. The number of phenols is 1. The number of rotatable bonds is 4. The fourth-order valence-electron chi connectivity index (χ4n) is 3.66. The maximum Gasteiger partial charge on any atom is 0.203 e. The van der Waals surface area contributed by atoms with Crippen molar-refractivity contribution in [2.24, 2.45) is 7.05 Å². The molecular weight excluding hydrogens is 354 g/mol. The topological polar surface area (TPSA) is 71.5 Å². The second-order valence-electron chi connectivity index (χ2n) is 7.29. The van der Waals surface area contributed by atoms with Gasteiger partial charge in [-0.2, -0.15) is 0 Å². The summed E-state index contributed by atoms with van der Waals surface area (Å²) in [7, 11) is 5.71. The molecule has 6 heteroatoms. The third-order valence-corrected chi connectivity index (χ3v) is 5.09. The molecule has 0 atom stereocenters. The molecule has 6 nitrogen and oxygen atoms in total. The summed E-state index contributed by atoms with van der Waals surface area (Å²) in [4.78, 5) is 19.9. The summed E-state index contributed by atoms with van der Waals surface area (Å²) >= 11 is 0. The van der Waals surface area contributed by atoms with Gasteiger partial charge in [0, 0.05) is 13.6 Å². The Balaban J connectivity index is 2.02. The van der Waals surface area contributed by atoms with Gasteiger partial charge < -0.3 is 19.0 Å². The standard InChI is InChI=1S/C22H23N3O3/c1-5-13-10-14-20(27)16(12-28-21(14)15(19(13)26)11-24(2)3)22-23-17-8-6-7-9-18(17)25(22)4/h6-10,12,26H,5,11H2,1-4H3. The van der Waals surface area contributed by atoms with Gasteiger partial charge in [0.1, 0.15) is 29.0 Å². The fraction of sp³-hybridized carbons (Fsp3) is 0.273. The SMILES string of the molecule is CCc1cc2c(=O)c(-c3nc4ccccc4n3C)coc2c(CN(C)C)c1O. The molecule has 28 heavy (non-hydrogen) atoms. The van der Waals surface area contributed by atoms with E-state index >= 15 is 0 Å². The molecule has 0 amide bonds. The van der Waals surface area contributed by atoms with Crippen molar-refractivity contribution in [3.63, 3.8) is 0 Å². The minimum atomic E-state index is -0.144. The number of hydrogen-bond donors (Lipinski definition) is 1. The highest BCUT2D eigenvalue weighted by molar-refractivity contribution is 5.87. The van der Waals surface area contributed by atoms with Gasteiger partial charge in [-0.15, -0.1) is 0 Å². The van der Waals surface area contributed by atoms with Crippen LogP contribution in [0.1, 0.15) is 18.1 Å². The molecule has 0 aliphatic carbocycles. The highest BCUT2D eigenvalue weighted by Crippen LogP contribution is 2.33. The predicted molar refractivity (Wildman–Crippen MR) is 111 cm³/mol. The van der Waals surface area contributed by atoms with E-state index in [4.69, 9.17) is 4.42 Å². The molecule has 0 fully saturated rings. The van der Waals surface area contributed by atoms with Crippen molar-refractivity contribution in [2.75, 3.05) is 14.1 Å². The number of phenolic OH excluding ortho intramolecular Hbond substituents is 1. The largest absolute Gasteiger partial charge is 0.507 e. The number of aromatic hydroxyl groups is 1. The summed E-state index contributed by atoms with van der Waals surface area (Å²) in [6, 6.07) is 9.49. The first-order valence-electron chi connectivity index (χ1n) is 9.28. The molecule has 0 aliphatic heterocycles. The van der Waals surface area contributed by atoms with Gasteiger partial charge in [0.25, 0.3) is 0 Å². The Hall–Kier alpha value is -3.12. The molecule has 0 aliphatic rings. The molecule has 4 aromatic rings. The third kappa shape index (κ3) is 2.77. The minimum Gasteiger partial charge on any atom is -0.507 e. The Kier molecular flexibility index (Phi) is 4.43. The first-order chi connectivity index (χ1) is 13.4. The third-order valence-electron chi connectivity index (χ3n) is 5.09. The average Bonchev–Trinajstić information content (AvgIpc) is 3.01. The van der Waals surface area contributed by atoms with Crippen molar-refractivity contribution in [3.8, 4) is 17.1 Å². The van der Waals surface area contributed by atoms with Gasteiger partial charge in [0.2, 0.25) is 5.43 Å². The van der Waals surface area contributed by atoms with Crippen molar-refractivity contribution < 1.29 is 9.52 Å². The van der Waals surface area contributed by atoms with E-state index in [9.17, 15) is 9.90 Å². The quantitative estimate of drug-likeness (QED) is 0.587. The van der Waals surface area contributed by atoms with E-state index in [0.29, 0.717) is 40.9 Å². The molecule has 2 heterocycles. The summed E-state index contributed by atoms with van der Waals surface area (Å²) in [5.74, 6) is 0.763. The summed E-state index contributed by atoms with van der Waals surface area (Å²) in [6.45, 7) is 2.43. The zero-order valence-corrected chi connectivity index (χ0v) is 16.5. The highest BCUT2D eigenvalue weighted by Gasteiger charge is 2.20. The van der Waals surface area contributed by atoms with Crippen LogP contribution in [0.2, 0.25) is 0 Å². The molecule has 4 rings (SSSR count). The lowest BCUT2D eigenvalue weighted by Crippen LogP contribution is -2.14. The molecule has 0 saturated carbocycles. The molecule has 0 saturated heterocycles.